The summed E-state index contributed by atoms with van der Waals surface area (Å²) < 4.78 is 26.3. The van der Waals surface area contributed by atoms with Gasteiger partial charge in [-0.25, -0.2) is 9.59 Å². The third-order valence-corrected chi connectivity index (χ3v) is 6.26. The maximum atomic E-state index is 12.4. The molecule has 0 amide bonds. The third kappa shape index (κ3) is 11.9. The molecular weight excluding hydrogens is 510 g/mol. The second-order valence-electron chi connectivity index (χ2n) is 9.59. The monoisotopic (exact) mass is 553 g/mol. The summed E-state index contributed by atoms with van der Waals surface area (Å²) >= 11 is 0. The molecule has 0 radical (unpaired) electrons. The van der Waals surface area contributed by atoms with Crippen molar-refractivity contribution in [1.82, 2.24) is 0 Å². The topological polar surface area (TPSA) is 161 Å². The molecule has 11 nitrogen and oxygen atoms in total. The molecule has 0 bridgehead atoms. The van der Waals surface area contributed by atoms with E-state index in [-0.39, 0.29) is 30.5 Å². The highest BCUT2D eigenvalue weighted by Gasteiger charge is 2.33. The predicted molar refractivity (Wildman–Crippen MR) is 143 cm³/mol. The number of carbonyl (C=O) groups is 4. The molecule has 1 aromatic rings. The molecule has 0 aliphatic rings. The summed E-state index contributed by atoms with van der Waals surface area (Å²) in [6, 6.07) is 2.84. The minimum atomic E-state index is -1.37. The number of ether oxygens (including phenoxy) is 5. The van der Waals surface area contributed by atoms with Crippen molar-refractivity contribution in [3.63, 3.8) is 0 Å². The SMILES string of the molecule is CCCCCC(=O)OCC(C)C(c1ccc(OC(=O)OC(C)CC)c(OC(=O)OC(C)CC)c1)[C@H](N)C(=O)O. The van der Waals surface area contributed by atoms with Crippen LogP contribution in [0, 0.1) is 5.92 Å². The van der Waals surface area contributed by atoms with E-state index >= 15 is 0 Å². The van der Waals surface area contributed by atoms with Crippen molar-refractivity contribution < 1.29 is 48.0 Å². The number of esters is 1. The van der Waals surface area contributed by atoms with Gasteiger partial charge < -0.3 is 34.5 Å². The summed E-state index contributed by atoms with van der Waals surface area (Å²) in [6.45, 7) is 10.7. The van der Waals surface area contributed by atoms with Gasteiger partial charge in [0.2, 0.25) is 0 Å². The Balaban J connectivity index is 3.30. The lowest BCUT2D eigenvalue weighted by Crippen LogP contribution is -2.40. The van der Waals surface area contributed by atoms with E-state index in [4.69, 9.17) is 29.4 Å². The van der Waals surface area contributed by atoms with E-state index in [1.54, 1.807) is 20.8 Å². The molecule has 0 aliphatic carbocycles. The molecule has 0 aliphatic heterocycles. The Kier molecular flexibility index (Phi) is 14.9. The molecule has 3 N–H and O–H groups in total. The third-order valence-electron chi connectivity index (χ3n) is 6.26. The van der Waals surface area contributed by atoms with Crippen LogP contribution in [0.1, 0.15) is 91.5 Å². The Morgan fingerprint density at radius 1 is 0.872 bits per heavy atom. The van der Waals surface area contributed by atoms with Gasteiger partial charge in [0.15, 0.2) is 11.5 Å². The Bertz CT molecular complexity index is 950. The standard InChI is InChI=1S/C28H43NO10/c1-7-10-11-12-23(30)35-16-17(4)24(25(29)26(31)32)20-13-14-21(38-27(33)36-18(5)8-2)22(15-20)39-28(34)37-19(6)9-3/h13-15,17-19,24-25H,7-12,16,29H2,1-6H3,(H,31,32)/t17?,18?,19?,24?,25-/m0/s1. The van der Waals surface area contributed by atoms with Crippen LogP contribution in [0.3, 0.4) is 0 Å². The minimum absolute atomic E-state index is 0.0671. The van der Waals surface area contributed by atoms with Crippen molar-refractivity contribution in [2.24, 2.45) is 11.7 Å². The number of rotatable bonds is 16. The van der Waals surface area contributed by atoms with Crippen molar-refractivity contribution in [1.29, 1.82) is 0 Å². The molecule has 39 heavy (non-hydrogen) atoms. The van der Waals surface area contributed by atoms with E-state index in [9.17, 15) is 24.3 Å². The van der Waals surface area contributed by atoms with Crippen LogP contribution in [0.5, 0.6) is 11.5 Å². The van der Waals surface area contributed by atoms with Crippen LogP contribution in [-0.4, -0.2) is 54.2 Å². The first-order chi connectivity index (χ1) is 18.4. The number of carboxylic acids is 1. The van der Waals surface area contributed by atoms with Crippen LogP contribution >= 0.6 is 0 Å². The van der Waals surface area contributed by atoms with E-state index in [0.717, 1.165) is 12.8 Å². The maximum absolute atomic E-state index is 12.4. The predicted octanol–water partition coefficient (Wildman–Crippen LogP) is 5.57. The zero-order chi connectivity index (χ0) is 29.5. The smallest absolute Gasteiger partial charge is 0.480 e. The largest absolute Gasteiger partial charge is 0.514 e. The summed E-state index contributed by atoms with van der Waals surface area (Å²) in [5, 5.41) is 9.68. The molecule has 4 unspecified atom stereocenters. The second-order valence-corrected chi connectivity index (χ2v) is 9.59. The average Bonchev–Trinajstić information content (AvgIpc) is 2.88. The molecule has 11 heteroatoms. The fourth-order valence-corrected chi connectivity index (χ4v) is 3.58. The van der Waals surface area contributed by atoms with Crippen molar-refractivity contribution in [3.8, 4) is 11.5 Å². The molecule has 0 saturated heterocycles. The number of carboxylic acid groups (broad SMARTS) is 1. The molecule has 0 saturated carbocycles. The Hall–Kier alpha value is -3.34. The summed E-state index contributed by atoms with van der Waals surface area (Å²) in [6.07, 6.45) is 1.08. The van der Waals surface area contributed by atoms with Crippen LogP contribution in [0.15, 0.2) is 18.2 Å². The average molecular weight is 554 g/mol. The normalized spacial score (nSPS) is 14.7. The van der Waals surface area contributed by atoms with E-state index in [2.05, 4.69) is 0 Å². The number of unbranched alkanes of at least 4 members (excludes halogenated alkanes) is 2. The number of aliphatic carboxylic acids is 1. The Morgan fingerprint density at radius 3 is 1.95 bits per heavy atom. The molecule has 0 aromatic heterocycles. The molecule has 0 fully saturated rings. The fraction of sp³-hybridized carbons (Fsp3) is 0.643. The van der Waals surface area contributed by atoms with Crippen molar-refractivity contribution in [2.75, 3.05) is 6.61 Å². The number of nitrogens with two attached hydrogens (primary N) is 1. The van der Waals surface area contributed by atoms with Gasteiger partial charge in [0, 0.05) is 12.3 Å². The van der Waals surface area contributed by atoms with Crippen LogP contribution in [0.4, 0.5) is 9.59 Å². The highest BCUT2D eigenvalue weighted by molar-refractivity contribution is 5.75. The second kappa shape index (κ2) is 17.3. The van der Waals surface area contributed by atoms with E-state index in [0.29, 0.717) is 24.8 Å². The van der Waals surface area contributed by atoms with Crippen molar-refractivity contribution in [2.45, 2.75) is 104 Å². The van der Waals surface area contributed by atoms with E-state index in [1.165, 1.54) is 18.2 Å². The molecule has 220 valence electrons. The maximum Gasteiger partial charge on any atom is 0.514 e. The summed E-state index contributed by atoms with van der Waals surface area (Å²) in [7, 11) is 0. The number of hydrogen-bond acceptors (Lipinski definition) is 10. The highest BCUT2D eigenvalue weighted by Crippen LogP contribution is 2.36. The van der Waals surface area contributed by atoms with Crippen LogP contribution < -0.4 is 15.2 Å². The first-order valence-electron chi connectivity index (χ1n) is 13.5. The Morgan fingerprint density at radius 2 is 1.44 bits per heavy atom. The van der Waals surface area contributed by atoms with Gasteiger partial charge in [-0.3, -0.25) is 9.59 Å². The summed E-state index contributed by atoms with van der Waals surface area (Å²) in [4.78, 5) is 48.6. The lowest BCUT2D eigenvalue weighted by Gasteiger charge is -2.28. The summed E-state index contributed by atoms with van der Waals surface area (Å²) in [5.41, 5.74) is 6.41. The zero-order valence-electron chi connectivity index (χ0n) is 23.8. The van der Waals surface area contributed by atoms with Gasteiger partial charge in [0.1, 0.15) is 18.2 Å². The quantitative estimate of drug-likeness (QED) is 0.114. The first kappa shape index (κ1) is 33.7. The van der Waals surface area contributed by atoms with E-state index in [1.807, 2.05) is 20.8 Å². The lowest BCUT2D eigenvalue weighted by molar-refractivity contribution is -0.145. The number of hydrogen-bond donors (Lipinski definition) is 2. The van der Waals surface area contributed by atoms with Gasteiger partial charge in [-0.15, -0.1) is 0 Å². The van der Waals surface area contributed by atoms with Gasteiger partial charge in [-0.2, -0.15) is 0 Å². The lowest BCUT2D eigenvalue weighted by atomic mass is 9.82. The highest BCUT2D eigenvalue weighted by atomic mass is 16.7. The van der Waals surface area contributed by atoms with Gasteiger partial charge in [0.05, 0.1) is 6.61 Å². The molecular formula is C28H43NO10. The van der Waals surface area contributed by atoms with Crippen LogP contribution in [0.25, 0.3) is 0 Å². The fourth-order valence-electron chi connectivity index (χ4n) is 3.58. The number of benzene rings is 1. The summed E-state index contributed by atoms with van der Waals surface area (Å²) in [5.74, 6) is -3.33. The zero-order valence-corrected chi connectivity index (χ0v) is 23.8. The van der Waals surface area contributed by atoms with Gasteiger partial charge in [-0.05, 0) is 56.7 Å². The molecule has 5 atom stereocenters. The van der Waals surface area contributed by atoms with E-state index < -0.39 is 48.4 Å². The minimum Gasteiger partial charge on any atom is -0.480 e. The van der Waals surface area contributed by atoms with Gasteiger partial charge >= 0.3 is 24.2 Å². The van der Waals surface area contributed by atoms with Crippen molar-refractivity contribution >= 4 is 24.2 Å². The first-order valence-corrected chi connectivity index (χ1v) is 13.5. The number of carbonyl (C=O) groups excluding carboxylic acids is 3. The van der Waals surface area contributed by atoms with Crippen LogP contribution in [0.2, 0.25) is 0 Å². The molecule has 0 heterocycles. The van der Waals surface area contributed by atoms with Gasteiger partial charge in [-0.1, -0.05) is 46.6 Å². The molecule has 0 spiro atoms. The van der Waals surface area contributed by atoms with Crippen LogP contribution in [-0.2, 0) is 23.8 Å². The van der Waals surface area contributed by atoms with Crippen molar-refractivity contribution in [3.05, 3.63) is 23.8 Å². The molecule has 1 aromatic carbocycles. The Labute approximate surface area is 230 Å². The molecule has 1 rings (SSSR count). The van der Waals surface area contributed by atoms with Gasteiger partial charge in [0.25, 0.3) is 0 Å².